The zero-order valence-electron chi connectivity index (χ0n) is 51.2. The highest BCUT2D eigenvalue weighted by Crippen LogP contribution is 2.46. The lowest BCUT2D eigenvalue weighted by Gasteiger charge is -2.14. The lowest BCUT2D eigenvalue weighted by Crippen LogP contribution is -2.04. The Labute approximate surface area is 577 Å². The molecule has 39 nitrogen and oxygen atoms in total. The van der Waals surface area contributed by atoms with Gasteiger partial charge >= 0.3 is 0 Å². The van der Waals surface area contributed by atoms with Gasteiger partial charge in [0.1, 0.15) is 53.8 Å². The van der Waals surface area contributed by atoms with Crippen LogP contribution in [0.1, 0.15) is 0 Å². The van der Waals surface area contributed by atoms with Crippen LogP contribution in [-0.2, 0) is 40.5 Å². The Morgan fingerprint density at radius 3 is 0.680 bits per heavy atom. The molecule has 0 aliphatic heterocycles. The van der Waals surface area contributed by atoms with Crippen molar-refractivity contribution in [2.45, 2.75) is 19.6 Å². The van der Waals surface area contributed by atoms with Crippen LogP contribution in [0.15, 0.2) is 255 Å². The van der Waals surface area contributed by atoms with Gasteiger partial charge in [-0.25, -0.2) is 0 Å². The first-order valence-corrected chi connectivity index (χ1v) is 34.1. The number of azo groups is 4. The summed E-state index contributed by atoms with van der Waals surface area (Å²) in [5.74, 6) is -1.13. The first-order valence-electron chi connectivity index (χ1n) is 28.3. The standard InChI is InChI=1S/C60H43N17O22S4/c78-55-31-49(51(70-66-37-9-1-33(2-10-37)61-45-21-17-41(74(80)81)25-57(45)100(88,89)90)29-53(55)72-68-39-13-5-35(6-14-39)63-47-23-19-43(76(84)85)27-59(47)102(94,95)96)65-50-32-56(79)54(73-69-40-15-7-36(8-16-40)64-48-24-20-44(77(86)87)28-60(48)103(97,98)99)30-52(50)71-67-38-11-3-34(4-12-38)62-46-22-18-42(75(82)83)26-58(46)101(91,92)93/h1-32,61-65,78-79H,(H,88,89,90)(H,91,92,93)(H,94,95,96)(H,97,98,99). The molecule has 10 aromatic carbocycles. The van der Waals surface area contributed by atoms with E-state index in [-0.39, 0.29) is 102 Å². The molecule has 0 spiro atoms. The minimum Gasteiger partial charge on any atom is -0.506 e. The maximum absolute atomic E-state index is 12.2. The van der Waals surface area contributed by atoms with E-state index in [1.54, 1.807) is 0 Å². The third-order valence-electron chi connectivity index (χ3n) is 13.9. The van der Waals surface area contributed by atoms with Gasteiger partial charge in [-0.3, -0.25) is 58.7 Å². The quantitative estimate of drug-likeness (QED) is 0.0104. The molecule has 43 heteroatoms. The summed E-state index contributed by atoms with van der Waals surface area (Å²) in [7, 11) is -19.9. The van der Waals surface area contributed by atoms with Gasteiger partial charge in [-0.2, -0.15) is 54.1 Å². The number of nitrogens with one attached hydrogen (secondary N) is 5. The van der Waals surface area contributed by atoms with Crippen molar-refractivity contribution >= 4 is 166 Å². The molecule has 0 amide bonds. The summed E-state index contributed by atoms with van der Waals surface area (Å²) in [6.07, 6.45) is 0. The van der Waals surface area contributed by atoms with Crippen LogP contribution in [-0.4, -0.2) is 81.8 Å². The molecule has 11 N–H and O–H groups in total. The van der Waals surface area contributed by atoms with Gasteiger partial charge in [0, 0.05) is 83.4 Å². The second-order valence-electron chi connectivity index (χ2n) is 21.0. The Bertz CT molecular complexity index is 5350. The van der Waals surface area contributed by atoms with Gasteiger partial charge in [-0.1, -0.05) is 0 Å². The van der Waals surface area contributed by atoms with Crippen molar-refractivity contribution in [3.63, 3.8) is 0 Å². The van der Waals surface area contributed by atoms with Crippen LogP contribution in [0.2, 0.25) is 0 Å². The summed E-state index contributed by atoms with van der Waals surface area (Å²) in [5, 5.41) is 117. The van der Waals surface area contributed by atoms with E-state index in [0.717, 1.165) is 60.7 Å². The summed E-state index contributed by atoms with van der Waals surface area (Å²) in [4.78, 5) is 38.9. The number of anilines is 10. The number of rotatable bonds is 26. The summed E-state index contributed by atoms with van der Waals surface area (Å²) in [5.41, 5.74) is -2.98. The van der Waals surface area contributed by atoms with E-state index in [1.165, 1.54) is 109 Å². The normalized spacial score (nSPS) is 12.0. The fourth-order valence-electron chi connectivity index (χ4n) is 9.08. The Kier molecular flexibility index (Phi) is 20.7. The highest BCUT2D eigenvalue weighted by Gasteiger charge is 2.26. The number of phenolic OH excluding ortho intramolecular Hbond substituents is 2. The van der Waals surface area contributed by atoms with Crippen LogP contribution >= 0.6 is 0 Å². The fourth-order valence-corrected chi connectivity index (χ4v) is 11.7. The summed E-state index contributed by atoms with van der Waals surface area (Å²) >= 11 is 0. The molecule has 0 fully saturated rings. The molecule has 0 heterocycles. The maximum atomic E-state index is 12.2. The molecule has 0 atom stereocenters. The third kappa shape index (κ3) is 18.2. The van der Waals surface area contributed by atoms with Crippen molar-refractivity contribution in [1.82, 2.24) is 0 Å². The highest BCUT2D eigenvalue weighted by molar-refractivity contribution is 7.86. The number of hydrogen-bond donors (Lipinski definition) is 11. The number of hydrogen-bond acceptors (Lipinski definition) is 31. The van der Waals surface area contributed by atoms with Crippen LogP contribution in [0.5, 0.6) is 11.5 Å². The second-order valence-corrected chi connectivity index (χ2v) is 26.5. The average Bonchev–Trinajstić information content (AvgIpc) is 0.825. The van der Waals surface area contributed by atoms with Gasteiger partial charge in [0.15, 0.2) is 0 Å². The number of non-ortho nitro benzene ring substituents is 4. The highest BCUT2D eigenvalue weighted by atomic mass is 32.2. The molecule has 0 bridgehead atoms. The van der Waals surface area contributed by atoms with Crippen LogP contribution in [0, 0.1) is 40.5 Å². The molecular formula is C60H43N17O22S4. The van der Waals surface area contributed by atoms with Crippen molar-refractivity contribution < 1.29 is 81.8 Å². The van der Waals surface area contributed by atoms with E-state index in [1.807, 2.05) is 0 Å². The van der Waals surface area contributed by atoms with Crippen molar-refractivity contribution in [2.24, 2.45) is 40.9 Å². The Morgan fingerprint density at radius 2 is 0.476 bits per heavy atom. The smallest absolute Gasteiger partial charge is 0.296 e. The molecule has 0 aliphatic carbocycles. The molecule has 524 valence electrons. The molecule has 0 saturated heterocycles. The zero-order valence-corrected chi connectivity index (χ0v) is 54.5. The number of nitro groups is 4. The molecule has 0 unspecified atom stereocenters. The topological polar surface area (TPSA) is 590 Å². The van der Waals surface area contributed by atoms with Gasteiger partial charge < -0.3 is 36.8 Å². The lowest BCUT2D eigenvalue weighted by molar-refractivity contribution is -0.385. The van der Waals surface area contributed by atoms with Crippen molar-refractivity contribution in [2.75, 3.05) is 26.6 Å². The van der Waals surface area contributed by atoms with Crippen LogP contribution in [0.3, 0.4) is 0 Å². The number of nitro benzene ring substituents is 4. The molecule has 103 heavy (non-hydrogen) atoms. The van der Waals surface area contributed by atoms with Gasteiger partial charge in [0.2, 0.25) is 0 Å². The predicted octanol–water partition coefficient (Wildman–Crippen LogP) is 16.1. The van der Waals surface area contributed by atoms with Crippen molar-refractivity contribution in [1.29, 1.82) is 0 Å². The summed E-state index contributed by atoms with van der Waals surface area (Å²) < 4.78 is 137. The summed E-state index contributed by atoms with van der Waals surface area (Å²) in [6, 6.07) is 38.0. The predicted molar refractivity (Wildman–Crippen MR) is 367 cm³/mol. The Morgan fingerprint density at radius 1 is 0.262 bits per heavy atom. The first-order chi connectivity index (χ1) is 48.6. The Balaban J connectivity index is 1.00. The lowest BCUT2D eigenvalue weighted by atomic mass is 10.2. The van der Waals surface area contributed by atoms with Gasteiger partial charge in [-0.05, 0) is 133 Å². The van der Waals surface area contributed by atoms with Gasteiger partial charge in [0.25, 0.3) is 63.2 Å². The largest absolute Gasteiger partial charge is 0.506 e. The number of benzene rings is 10. The first kappa shape index (κ1) is 72.2. The van der Waals surface area contributed by atoms with E-state index in [2.05, 4.69) is 67.5 Å². The second kappa shape index (κ2) is 29.5. The monoisotopic (exact) mass is 1480 g/mol. The van der Waals surface area contributed by atoms with Gasteiger partial charge in [0.05, 0.1) is 76.6 Å². The number of nitrogens with zero attached hydrogens (tertiary/aromatic N) is 12. The molecule has 0 radical (unpaired) electrons. The third-order valence-corrected chi connectivity index (χ3v) is 17.5. The van der Waals surface area contributed by atoms with Crippen molar-refractivity contribution in [3.05, 3.63) is 235 Å². The molecule has 0 aliphatic rings. The van der Waals surface area contributed by atoms with Crippen LogP contribution in [0.25, 0.3) is 0 Å². The average molecular weight is 1480 g/mol. The SMILES string of the molecule is O=[N+]([O-])c1ccc(Nc2ccc(N=Nc3cc(N=Nc4ccc(Nc5ccc([N+](=O)[O-])cc5S(=O)(=O)O)cc4)c(Nc4cc(O)c(N=Nc5ccc(Nc6ccc([N+](=O)[O-])cc6S(=O)(=O)O)cc5)cc4N=Nc4ccc(Nc5ccc([N+](=O)[O-])cc5S(=O)(=O)O)cc4)cc3O)cc2)c(S(=O)(=O)O)c1. The molecular weight excluding hydrogens is 1440 g/mol. The molecule has 10 rings (SSSR count). The minimum atomic E-state index is -4.98. The van der Waals surface area contributed by atoms with Gasteiger partial charge in [-0.15, -0.1) is 20.5 Å². The Hall–Kier alpha value is -13.6. The van der Waals surface area contributed by atoms with Crippen LogP contribution in [0.4, 0.5) is 125 Å². The number of aromatic hydroxyl groups is 2. The molecule has 0 aromatic heterocycles. The van der Waals surface area contributed by atoms with E-state index in [0.29, 0.717) is 24.3 Å². The molecule has 10 aromatic rings. The maximum Gasteiger partial charge on any atom is 0.296 e. The van der Waals surface area contributed by atoms with Crippen LogP contribution < -0.4 is 26.6 Å². The van der Waals surface area contributed by atoms with E-state index in [9.17, 15) is 103 Å². The van der Waals surface area contributed by atoms with E-state index in [4.69, 9.17) is 0 Å². The summed E-state index contributed by atoms with van der Waals surface area (Å²) in [6.45, 7) is 0. The van der Waals surface area contributed by atoms with Crippen molar-refractivity contribution in [3.8, 4) is 11.5 Å². The van der Waals surface area contributed by atoms with E-state index >= 15 is 0 Å². The minimum absolute atomic E-state index is 0.0948. The van der Waals surface area contributed by atoms with E-state index < -0.39 is 114 Å². The fraction of sp³-hybridized carbons (Fsp3) is 0. The zero-order chi connectivity index (χ0) is 74.3. The molecule has 0 saturated carbocycles. The number of phenols is 2.